The fourth-order valence-electron chi connectivity index (χ4n) is 0.759. The van der Waals surface area contributed by atoms with Crippen LogP contribution in [0.25, 0.3) is 11.5 Å². The Bertz CT molecular complexity index is 318. The summed E-state index contributed by atoms with van der Waals surface area (Å²) < 4.78 is 1.53. The second-order valence-corrected chi connectivity index (χ2v) is 2.25. The summed E-state index contributed by atoms with van der Waals surface area (Å²) in [4.78, 5) is 11.8. The molecule has 2 heterocycles. The molecule has 0 fully saturated rings. The average Bonchev–Trinajstić information content (AvgIpc) is 2.36. The number of hydrogen-bond acceptors (Lipinski definition) is 4. The molecule has 0 amide bonds. The van der Waals surface area contributed by atoms with E-state index in [0.717, 1.165) is 11.5 Å². The van der Waals surface area contributed by atoms with Crippen LogP contribution in [0, 0.1) is 0 Å². The normalized spacial score (nSPS) is 10.5. The van der Waals surface area contributed by atoms with Crippen molar-refractivity contribution in [2.45, 2.75) is 0 Å². The standard InChI is InChI=1S/C5H4N4S/c10-9-3-6-1-4-5(9)8-2-7-4/h1-3,10H. The van der Waals surface area contributed by atoms with Crippen LogP contribution >= 0.6 is 12.8 Å². The highest BCUT2D eigenvalue weighted by atomic mass is 32.1. The van der Waals surface area contributed by atoms with Gasteiger partial charge in [-0.15, -0.1) is 0 Å². The molecule has 50 valence electrons. The van der Waals surface area contributed by atoms with Crippen LogP contribution in [0.15, 0.2) is 18.9 Å². The second kappa shape index (κ2) is 1.95. The predicted molar refractivity (Wildman–Crippen MR) is 38.8 cm³/mol. The van der Waals surface area contributed by atoms with Gasteiger partial charge in [0.25, 0.3) is 0 Å². The van der Waals surface area contributed by atoms with E-state index < -0.39 is 0 Å². The Hall–Kier alpha value is -1.10. The average molecular weight is 152 g/mol. The largest absolute Gasteiger partial charge is 0.259 e. The van der Waals surface area contributed by atoms with E-state index in [1.807, 2.05) is 0 Å². The molecule has 2 rings (SSSR count). The van der Waals surface area contributed by atoms with Gasteiger partial charge < -0.3 is 0 Å². The van der Waals surface area contributed by atoms with Crippen LogP contribution in [0.4, 0.5) is 0 Å². The van der Waals surface area contributed by atoms with Crippen molar-refractivity contribution in [3.05, 3.63) is 18.9 Å². The SMILES string of the molecule is Sn1cncc2ncnc1-2. The van der Waals surface area contributed by atoms with Crippen molar-refractivity contribution in [3.63, 3.8) is 0 Å². The molecule has 0 aromatic carbocycles. The molecule has 0 aromatic heterocycles. The van der Waals surface area contributed by atoms with Crippen molar-refractivity contribution < 1.29 is 0 Å². The summed E-state index contributed by atoms with van der Waals surface area (Å²) in [5.41, 5.74) is 0.762. The van der Waals surface area contributed by atoms with Crippen LogP contribution in [0.2, 0.25) is 0 Å². The molecule has 0 saturated carbocycles. The minimum Gasteiger partial charge on any atom is -0.259 e. The molecule has 0 unspecified atom stereocenters. The molecule has 0 atom stereocenters. The van der Waals surface area contributed by atoms with Crippen LogP contribution in [0.3, 0.4) is 0 Å². The van der Waals surface area contributed by atoms with Gasteiger partial charge in [-0.3, -0.25) is 3.97 Å². The Morgan fingerprint density at radius 1 is 1.40 bits per heavy atom. The van der Waals surface area contributed by atoms with Gasteiger partial charge in [0.15, 0.2) is 5.82 Å². The van der Waals surface area contributed by atoms with Gasteiger partial charge in [0.05, 0.1) is 6.20 Å². The van der Waals surface area contributed by atoms with Crippen LogP contribution < -0.4 is 0 Å². The van der Waals surface area contributed by atoms with Gasteiger partial charge in [-0.1, -0.05) is 12.8 Å². The summed E-state index contributed by atoms with van der Waals surface area (Å²) in [5, 5.41) is 0. The van der Waals surface area contributed by atoms with Gasteiger partial charge in [0.1, 0.15) is 18.3 Å². The maximum atomic E-state index is 4.07. The lowest BCUT2D eigenvalue weighted by Gasteiger charge is -1.98. The molecule has 5 heteroatoms. The molecule has 10 heavy (non-hydrogen) atoms. The third-order valence-corrected chi connectivity index (χ3v) is 1.49. The fraction of sp³-hybridized carbons (Fsp3) is 0. The minimum absolute atomic E-state index is 0.735. The van der Waals surface area contributed by atoms with Gasteiger partial charge in [-0.2, -0.15) is 0 Å². The van der Waals surface area contributed by atoms with Gasteiger partial charge in [-0.25, -0.2) is 15.0 Å². The predicted octanol–water partition coefficient (Wildman–Crippen LogP) is 0.471. The molecule has 0 aliphatic carbocycles. The smallest absolute Gasteiger partial charge is 0.173 e. The Morgan fingerprint density at radius 3 is 3.10 bits per heavy atom. The Labute approximate surface area is 62.8 Å². The number of fused-ring (bicyclic) bond motifs is 1. The zero-order chi connectivity index (χ0) is 6.97. The fourth-order valence-corrected chi connectivity index (χ4v) is 0.973. The number of hydrogen-bond donors (Lipinski definition) is 1. The van der Waals surface area contributed by atoms with E-state index in [1.165, 1.54) is 10.3 Å². The number of aromatic nitrogens is 4. The molecule has 0 spiro atoms. The first kappa shape index (κ1) is 5.67. The lowest BCUT2D eigenvalue weighted by atomic mass is 10.4. The van der Waals surface area contributed by atoms with Crippen molar-refractivity contribution in [1.82, 2.24) is 18.9 Å². The maximum absolute atomic E-state index is 4.07. The molecule has 0 aromatic rings. The summed E-state index contributed by atoms with van der Waals surface area (Å²) in [7, 11) is 0. The highest BCUT2D eigenvalue weighted by Crippen LogP contribution is 2.14. The third kappa shape index (κ3) is 0.672. The monoisotopic (exact) mass is 152 g/mol. The molecule has 0 radical (unpaired) electrons. The molecule has 2 aliphatic rings. The van der Waals surface area contributed by atoms with E-state index in [1.54, 1.807) is 12.5 Å². The zero-order valence-corrected chi connectivity index (χ0v) is 5.86. The topological polar surface area (TPSA) is 43.6 Å². The van der Waals surface area contributed by atoms with Crippen molar-refractivity contribution >= 4 is 12.8 Å². The molecule has 0 saturated heterocycles. The van der Waals surface area contributed by atoms with E-state index in [4.69, 9.17) is 0 Å². The van der Waals surface area contributed by atoms with E-state index in [-0.39, 0.29) is 0 Å². The van der Waals surface area contributed by atoms with Crippen LogP contribution in [-0.2, 0) is 0 Å². The van der Waals surface area contributed by atoms with Crippen molar-refractivity contribution in [3.8, 4) is 11.5 Å². The Kier molecular flexibility index (Phi) is 1.10. The number of rotatable bonds is 0. The highest BCUT2D eigenvalue weighted by molar-refractivity contribution is 7.78. The summed E-state index contributed by atoms with van der Waals surface area (Å²) in [5.74, 6) is 0.735. The third-order valence-electron chi connectivity index (χ3n) is 1.20. The van der Waals surface area contributed by atoms with E-state index >= 15 is 0 Å². The Morgan fingerprint density at radius 2 is 2.30 bits per heavy atom. The van der Waals surface area contributed by atoms with E-state index in [0.29, 0.717) is 0 Å². The number of thiol groups is 1. The van der Waals surface area contributed by atoms with E-state index in [9.17, 15) is 0 Å². The first-order valence-corrected chi connectivity index (χ1v) is 3.10. The summed E-state index contributed by atoms with van der Waals surface area (Å²) in [6.45, 7) is 0. The van der Waals surface area contributed by atoms with E-state index in [2.05, 4.69) is 27.8 Å². The van der Waals surface area contributed by atoms with Crippen molar-refractivity contribution in [1.29, 1.82) is 0 Å². The van der Waals surface area contributed by atoms with Crippen molar-refractivity contribution in [2.75, 3.05) is 0 Å². The summed E-state index contributed by atoms with van der Waals surface area (Å²) in [6.07, 6.45) is 4.70. The number of nitrogens with zero attached hydrogens (tertiary/aromatic N) is 4. The van der Waals surface area contributed by atoms with Crippen LogP contribution in [-0.4, -0.2) is 18.9 Å². The zero-order valence-electron chi connectivity index (χ0n) is 4.97. The lowest BCUT2D eigenvalue weighted by Crippen LogP contribution is -1.92. The molecule has 2 aliphatic heterocycles. The van der Waals surface area contributed by atoms with Gasteiger partial charge >= 0.3 is 0 Å². The van der Waals surface area contributed by atoms with Gasteiger partial charge in [-0.05, 0) is 0 Å². The second-order valence-electron chi connectivity index (χ2n) is 1.82. The summed E-state index contributed by atoms with van der Waals surface area (Å²) >= 11 is 4.07. The first-order valence-electron chi connectivity index (χ1n) is 2.70. The molecule has 4 nitrogen and oxygen atoms in total. The molecular formula is C5H4N4S. The quantitative estimate of drug-likeness (QED) is 0.558. The summed E-state index contributed by atoms with van der Waals surface area (Å²) in [6, 6.07) is 0. The lowest BCUT2D eigenvalue weighted by molar-refractivity contribution is 1.08. The Balaban J connectivity index is 2.80. The minimum atomic E-state index is 0.735. The van der Waals surface area contributed by atoms with Gasteiger partial charge in [0.2, 0.25) is 0 Å². The van der Waals surface area contributed by atoms with Crippen LogP contribution in [0.5, 0.6) is 0 Å². The molecule has 0 N–H and O–H groups in total. The molecular weight excluding hydrogens is 148 g/mol. The highest BCUT2D eigenvalue weighted by Gasteiger charge is 2.06. The van der Waals surface area contributed by atoms with Crippen molar-refractivity contribution in [2.24, 2.45) is 0 Å². The van der Waals surface area contributed by atoms with Gasteiger partial charge in [0, 0.05) is 0 Å². The molecule has 0 bridgehead atoms. The maximum Gasteiger partial charge on any atom is 0.173 e. The first-order chi connectivity index (χ1) is 4.88. The van der Waals surface area contributed by atoms with Crippen LogP contribution in [0.1, 0.15) is 0 Å². The number of imidazole rings is 1.